The molecule has 4 aliphatic rings. The van der Waals surface area contributed by atoms with Crippen molar-refractivity contribution in [3.8, 4) is 11.1 Å². The van der Waals surface area contributed by atoms with E-state index in [2.05, 4.69) is 26.7 Å². The fourth-order valence-electron chi connectivity index (χ4n) is 7.59. The summed E-state index contributed by atoms with van der Waals surface area (Å²) in [6.07, 6.45) is 11.0. The third-order valence-corrected chi connectivity index (χ3v) is 10.5. The minimum absolute atomic E-state index is 0.159. The number of carbonyl (C=O) groups is 2. The van der Waals surface area contributed by atoms with Gasteiger partial charge in [-0.2, -0.15) is 0 Å². The molecule has 1 aromatic carbocycles. The Bertz CT molecular complexity index is 1340. The SMILES string of the molecule is C=CCn1c(CC23CC4CC(CC(C4)C2)C3)nnc1SCC(=O)Nc1scc(-c2ccccc2)c1C(=O)OC. The molecule has 204 valence electrons. The number of benzene rings is 1. The molecule has 0 radical (unpaired) electrons. The number of esters is 1. The van der Waals surface area contributed by atoms with E-state index < -0.39 is 5.97 Å². The van der Waals surface area contributed by atoms with Crippen molar-refractivity contribution in [3.63, 3.8) is 0 Å². The van der Waals surface area contributed by atoms with Crippen molar-refractivity contribution >= 4 is 40.0 Å². The van der Waals surface area contributed by atoms with Crippen molar-refractivity contribution in [2.45, 2.75) is 56.6 Å². The zero-order valence-corrected chi connectivity index (χ0v) is 23.9. The van der Waals surface area contributed by atoms with Crippen LogP contribution in [0.5, 0.6) is 0 Å². The highest BCUT2D eigenvalue weighted by Crippen LogP contribution is 2.61. The second kappa shape index (κ2) is 10.9. The zero-order valence-electron chi connectivity index (χ0n) is 22.2. The lowest BCUT2D eigenvalue weighted by Crippen LogP contribution is -2.47. The van der Waals surface area contributed by atoms with E-state index in [0.717, 1.165) is 46.3 Å². The quantitative estimate of drug-likeness (QED) is 0.173. The Kier molecular flexibility index (Phi) is 7.37. The second-order valence-corrected chi connectivity index (χ2v) is 13.3. The second-order valence-electron chi connectivity index (χ2n) is 11.4. The molecule has 1 N–H and O–H groups in total. The summed E-state index contributed by atoms with van der Waals surface area (Å²) in [6.45, 7) is 4.57. The summed E-state index contributed by atoms with van der Waals surface area (Å²) in [7, 11) is 1.35. The highest BCUT2D eigenvalue weighted by molar-refractivity contribution is 7.99. The van der Waals surface area contributed by atoms with Crippen LogP contribution in [0.2, 0.25) is 0 Å². The van der Waals surface area contributed by atoms with Gasteiger partial charge < -0.3 is 14.6 Å². The Morgan fingerprint density at radius 3 is 2.49 bits per heavy atom. The topological polar surface area (TPSA) is 86.1 Å². The highest BCUT2D eigenvalue weighted by atomic mass is 32.2. The van der Waals surface area contributed by atoms with Crippen molar-refractivity contribution in [1.82, 2.24) is 14.8 Å². The molecule has 4 saturated carbocycles. The van der Waals surface area contributed by atoms with Gasteiger partial charge in [-0.3, -0.25) is 4.79 Å². The number of methoxy groups -OCH3 is 1. The number of thiophene rings is 1. The van der Waals surface area contributed by atoms with Gasteiger partial charge in [-0.25, -0.2) is 4.79 Å². The van der Waals surface area contributed by atoms with Crippen molar-refractivity contribution < 1.29 is 14.3 Å². The summed E-state index contributed by atoms with van der Waals surface area (Å²) < 4.78 is 7.16. The van der Waals surface area contributed by atoms with E-state index in [1.165, 1.54) is 68.7 Å². The van der Waals surface area contributed by atoms with Gasteiger partial charge in [0.15, 0.2) is 5.16 Å². The Morgan fingerprint density at radius 2 is 1.85 bits per heavy atom. The van der Waals surface area contributed by atoms with Gasteiger partial charge in [-0.1, -0.05) is 48.2 Å². The summed E-state index contributed by atoms with van der Waals surface area (Å²) in [6, 6.07) is 9.62. The number of nitrogens with one attached hydrogen (secondary N) is 1. The van der Waals surface area contributed by atoms with Crippen molar-refractivity contribution in [2.75, 3.05) is 18.2 Å². The number of allylic oxidation sites excluding steroid dienone is 1. The maximum absolute atomic E-state index is 13.0. The smallest absolute Gasteiger partial charge is 0.341 e. The molecule has 2 heterocycles. The molecule has 4 fully saturated rings. The molecular weight excluding hydrogens is 528 g/mol. The van der Waals surface area contributed by atoms with E-state index in [9.17, 15) is 9.59 Å². The lowest BCUT2D eigenvalue weighted by molar-refractivity contribution is -0.113. The van der Waals surface area contributed by atoms with Gasteiger partial charge in [0.2, 0.25) is 5.91 Å². The third-order valence-electron chi connectivity index (χ3n) is 8.65. The van der Waals surface area contributed by atoms with Crippen LogP contribution in [0.1, 0.15) is 54.7 Å². The number of amides is 1. The fraction of sp³-hybridized carbons (Fsp3) is 0.467. The van der Waals surface area contributed by atoms with Crippen LogP contribution in [-0.4, -0.2) is 39.5 Å². The number of thioether (sulfide) groups is 1. The first-order valence-corrected chi connectivity index (χ1v) is 15.5. The maximum atomic E-state index is 13.0. The first-order valence-electron chi connectivity index (χ1n) is 13.7. The number of anilines is 1. The predicted molar refractivity (Wildman–Crippen MR) is 155 cm³/mol. The van der Waals surface area contributed by atoms with Gasteiger partial charge in [0, 0.05) is 23.9 Å². The molecular formula is C30H34N4O3S2. The van der Waals surface area contributed by atoms with Crippen molar-refractivity contribution in [3.05, 3.63) is 59.8 Å². The van der Waals surface area contributed by atoms with Gasteiger partial charge in [0.05, 0.1) is 12.9 Å². The van der Waals surface area contributed by atoms with Crippen LogP contribution < -0.4 is 5.32 Å². The molecule has 0 spiro atoms. The van der Waals surface area contributed by atoms with E-state index in [-0.39, 0.29) is 11.7 Å². The lowest BCUT2D eigenvalue weighted by Gasteiger charge is -2.56. The number of nitrogens with zero attached hydrogens (tertiary/aromatic N) is 3. The van der Waals surface area contributed by atoms with Crippen molar-refractivity contribution in [2.24, 2.45) is 23.2 Å². The highest BCUT2D eigenvalue weighted by Gasteiger charge is 2.51. The number of hydrogen-bond acceptors (Lipinski definition) is 7. The molecule has 1 amide bonds. The van der Waals surface area contributed by atoms with Crippen molar-refractivity contribution in [1.29, 1.82) is 0 Å². The number of hydrogen-bond donors (Lipinski definition) is 1. The van der Waals surface area contributed by atoms with E-state index in [1.807, 2.05) is 41.8 Å². The molecule has 0 aliphatic heterocycles. The summed E-state index contributed by atoms with van der Waals surface area (Å²) in [5.41, 5.74) is 2.38. The van der Waals surface area contributed by atoms with Gasteiger partial charge in [0.1, 0.15) is 16.4 Å². The molecule has 9 heteroatoms. The standard InChI is InChI=1S/C30H34N4O3S2/c1-3-9-34-24(16-30-13-19-10-20(14-30)12-21(11-19)15-30)32-33-29(34)39-18-25(35)31-27-26(28(36)37-2)23(17-38-27)22-7-5-4-6-8-22/h3-8,17,19-21H,1,9-16,18H2,2H3,(H,31,35). The molecule has 0 unspecified atom stereocenters. The largest absolute Gasteiger partial charge is 0.465 e. The number of aromatic nitrogens is 3. The normalized spacial score (nSPS) is 25.0. The number of ether oxygens (including phenoxy) is 1. The Balaban J connectivity index is 1.15. The van der Waals surface area contributed by atoms with Gasteiger partial charge >= 0.3 is 5.97 Å². The Morgan fingerprint density at radius 1 is 1.15 bits per heavy atom. The minimum Gasteiger partial charge on any atom is -0.465 e. The average molecular weight is 563 g/mol. The third kappa shape index (κ3) is 5.31. The van der Waals surface area contributed by atoms with Gasteiger partial charge in [-0.05, 0) is 67.3 Å². The van der Waals surface area contributed by atoms with Gasteiger partial charge in [-0.15, -0.1) is 28.1 Å². The molecule has 4 aliphatic carbocycles. The monoisotopic (exact) mass is 562 g/mol. The molecule has 0 saturated heterocycles. The van der Waals surface area contributed by atoms with Gasteiger partial charge in [0.25, 0.3) is 0 Å². The van der Waals surface area contributed by atoms with E-state index in [4.69, 9.17) is 4.74 Å². The molecule has 4 bridgehead atoms. The number of carbonyl (C=O) groups excluding carboxylic acids is 2. The Labute approximate surface area is 237 Å². The predicted octanol–water partition coefficient (Wildman–Crippen LogP) is 6.47. The van der Waals surface area contributed by atoms with E-state index in [1.54, 1.807) is 0 Å². The molecule has 39 heavy (non-hydrogen) atoms. The van der Waals surface area contributed by atoms with Crippen LogP contribution in [0.15, 0.2) is 53.5 Å². The van der Waals surface area contributed by atoms with Crippen LogP contribution in [0.4, 0.5) is 5.00 Å². The lowest BCUT2D eigenvalue weighted by atomic mass is 9.49. The molecule has 2 aromatic heterocycles. The average Bonchev–Trinajstić information content (AvgIpc) is 3.50. The summed E-state index contributed by atoms with van der Waals surface area (Å²) in [5, 5.41) is 15.1. The minimum atomic E-state index is -0.474. The summed E-state index contributed by atoms with van der Waals surface area (Å²) in [5.74, 6) is 3.16. The number of rotatable bonds is 10. The van der Waals surface area contributed by atoms with Crippen LogP contribution in [0.25, 0.3) is 11.1 Å². The zero-order chi connectivity index (χ0) is 27.0. The van der Waals surface area contributed by atoms with Crippen LogP contribution >= 0.6 is 23.1 Å². The fourth-order valence-corrected chi connectivity index (χ4v) is 9.33. The summed E-state index contributed by atoms with van der Waals surface area (Å²) in [4.78, 5) is 25.6. The molecule has 7 nitrogen and oxygen atoms in total. The molecule has 3 aromatic rings. The van der Waals surface area contributed by atoms with E-state index in [0.29, 0.717) is 22.5 Å². The summed E-state index contributed by atoms with van der Waals surface area (Å²) >= 11 is 2.69. The first-order chi connectivity index (χ1) is 19.0. The van der Waals surface area contributed by atoms with Crippen LogP contribution in [-0.2, 0) is 22.5 Å². The van der Waals surface area contributed by atoms with Crippen LogP contribution in [0.3, 0.4) is 0 Å². The van der Waals surface area contributed by atoms with E-state index >= 15 is 0 Å². The van der Waals surface area contributed by atoms with Crippen LogP contribution in [0, 0.1) is 23.2 Å². The maximum Gasteiger partial charge on any atom is 0.341 e. The molecule has 0 atom stereocenters. The molecule has 7 rings (SSSR count). The Hall–Kier alpha value is -2.91. The first kappa shape index (κ1) is 26.3.